The number of para-hydroxylation sites is 1. The van der Waals surface area contributed by atoms with E-state index in [9.17, 15) is 10.2 Å². The van der Waals surface area contributed by atoms with Gasteiger partial charge in [-0.3, -0.25) is 4.90 Å². The van der Waals surface area contributed by atoms with Gasteiger partial charge < -0.3 is 10.2 Å². The van der Waals surface area contributed by atoms with Crippen LogP contribution in [0.3, 0.4) is 0 Å². The minimum atomic E-state index is -0.254. The third kappa shape index (κ3) is 4.34. The van der Waals surface area contributed by atoms with Crippen molar-refractivity contribution in [1.82, 2.24) is 4.90 Å². The minimum Gasteiger partial charge on any atom is -0.508 e. The van der Waals surface area contributed by atoms with E-state index in [0.29, 0.717) is 17.7 Å². The molecule has 0 fully saturated rings. The van der Waals surface area contributed by atoms with Crippen molar-refractivity contribution in [2.75, 3.05) is 6.54 Å². The van der Waals surface area contributed by atoms with E-state index in [2.05, 4.69) is 37.8 Å². The van der Waals surface area contributed by atoms with Crippen LogP contribution in [-0.2, 0) is 0 Å². The number of aliphatic hydroxyl groups excluding tert-OH is 1. The molecule has 0 aliphatic carbocycles. The molecule has 0 amide bonds. The molecule has 122 valence electrons. The van der Waals surface area contributed by atoms with E-state index in [4.69, 9.17) is 0 Å². The van der Waals surface area contributed by atoms with Gasteiger partial charge in [0.1, 0.15) is 5.75 Å². The van der Waals surface area contributed by atoms with Crippen molar-refractivity contribution in [2.24, 2.45) is 5.92 Å². The Labute approximate surface area is 134 Å². The SMILES string of the molecule is CC(C)CC(O)CC1CC=CCN1C(C)c1ccccc1O. The van der Waals surface area contributed by atoms with Gasteiger partial charge >= 0.3 is 0 Å². The average molecular weight is 303 g/mol. The van der Waals surface area contributed by atoms with Gasteiger partial charge in [0.2, 0.25) is 0 Å². The van der Waals surface area contributed by atoms with E-state index in [1.54, 1.807) is 6.07 Å². The minimum absolute atomic E-state index is 0.141. The third-order valence-electron chi connectivity index (χ3n) is 4.53. The van der Waals surface area contributed by atoms with Gasteiger partial charge in [0.15, 0.2) is 0 Å². The highest BCUT2D eigenvalue weighted by atomic mass is 16.3. The van der Waals surface area contributed by atoms with E-state index in [-0.39, 0.29) is 12.1 Å². The molecule has 0 saturated heterocycles. The Morgan fingerprint density at radius 3 is 2.59 bits per heavy atom. The van der Waals surface area contributed by atoms with Crippen molar-refractivity contribution >= 4 is 0 Å². The van der Waals surface area contributed by atoms with Crippen LogP contribution in [0.5, 0.6) is 5.75 Å². The van der Waals surface area contributed by atoms with E-state index >= 15 is 0 Å². The Morgan fingerprint density at radius 2 is 1.91 bits per heavy atom. The van der Waals surface area contributed by atoms with Crippen molar-refractivity contribution in [1.29, 1.82) is 0 Å². The number of phenols is 1. The fourth-order valence-electron chi connectivity index (χ4n) is 3.41. The summed E-state index contributed by atoms with van der Waals surface area (Å²) in [6.07, 6.45) is 6.74. The molecule has 0 spiro atoms. The Balaban J connectivity index is 2.09. The normalized spacial score (nSPS) is 22.0. The first kappa shape index (κ1) is 17.0. The molecule has 22 heavy (non-hydrogen) atoms. The first-order valence-electron chi connectivity index (χ1n) is 8.35. The molecular weight excluding hydrogens is 274 g/mol. The van der Waals surface area contributed by atoms with Crippen molar-refractivity contribution < 1.29 is 10.2 Å². The lowest BCUT2D eigenvalue weighted by Gasteiger charge is -2.39. The molecule has 1 aliphatic heterocycles. The second-order valence-corrected chi connectivity index (χ2v) is 6.81. The lowest BCUT2D eigenvalue weighted by Crippen LogP contribution is -2.41. The van der Waals surface area contributed by atoms with E-state index in [1.165, 1.54) is 0 Å². The summed E-state index contributed by atoms with van der Waals surface area (Å²) < 4.78 is 0. The summed E-state index contributed by atoms with van der Waals surface area (Å²) in [6.45, 7) is 7.30. The van der Waals surface area contributed by atoms with E-state index < -0.39 is 0 Å². The quantitative estimate of drug-likeness (QED) is 0.784. The Kier molecular flexibility index (Phi) is 6.04. The number of nitrogens with zero attached hydrogens (tertiary/aromatic N) is 1. The van der Waals surface area contributed by atoms with Crippen molar-refractivity contribution in [2.45, 2.75) is 58.2 Å². The van der Waals surface area contributed by atoms with Crippen LogP contribution >= 0.6 is 0 Å². The molecule has 2 rings (SSSR count). The maximum absolute atomic E-state index is 10.3. The lowest BCUT2D eigenvalue weighted by molar-refractivity contribution is 0.0714. The van der Waals surface area contributed by atoms with Crippen LogP contribution in [-0.4, -0.2) is 33.8 Å². The Morgan fingerprint density at radius 1 is 1.18 bits per heavy atom. The van der Waals surface area contributed by atoms with Crippen LogP contribution < -0.4 is 0 Å². The average Bonchev–Trinajstić information content (AvgIpc) is 2.46. The number of hydrogen-bond donors (Lipinski definition) is 2. The zero-order valence-corrected chi connectivity index (χ0v) is 13.9. The van der Waals surface area contributed by atoms with Gasteiger partial charge in [-0.25, -0.2) is 0 Å². The predicted molar refractivity (Wildman–Crippen MR) is 90.9 cm³/mol. The van der Waals surface area contributed by atoms with Crippen LogP contribution in [0.15, 0.2) is 36.4 Å². The van der Waals surface area contributed by atoms with Gasteiger partial charge in [-0.15, -0.1) is 0 Å². The summed E-state index contributed by atoms with van der Waals surface area (Å²) in [5, 5.41) is 20.4. The summed E-state index contributed by atoms with van der Waals surface area (Å²) in [4.78, 5) is 2.39. The summed E-state index contributed by atoms with van der Waals surface area (Å²) in [6, 6.07) is 8.02. The number of phenolic OH excluding ortho intramolecular Hbond substituents is 1. The van der Waals surface area contributed by atoms with Gasteiger partial charge in [0, 0.05) is 24.2 Å². The number of benzene rings is 1. The molecule has 0 saturated carbocycles. The molecular formula is C19H29NO2. The van der Waals surface area contributed by atoms with Crippen molar-refractivity contribution in [3.05, 3.63) is 42.0 Å². The van der Waals surface area contributed by atoms with Gasteiger partial charge in [0.05, 0.1) is 6.10 Å². The molecule has 1 heterocycles. The summed E-state index contributed by atoms with van der Waals surface area (Å²) in [7, 11) is 0. The largest absolute Gasteiger partial charge is 0.508 e. The van der Waals surface area contributed by atoms with Crippen LogP contribution in [0.4, 0.5) is 0 Å². The molecule has 3 nitrogen and oxygen atoms in total. The van der Waals surface area contributed by atoms with Gasteiger partial charge in [-0.1, -0.05) is 44.2 Å². The number of rotatable bonds is 6. The molecule has 3 unspecified atom stereocenters. The fourth-order valence-corrected chi connectivity index (χ4v) is 3.41. The molecule has 3 atom stereocenters. The fraction of sp³-hybridized carbons (Fsp3) is 0.579. The van der Waals surface area contributed by atoms with E-state index in [1.807, 2.05) is 18.2 Å². The number of aliphatic hydroxyl groups is 1. The summed E-state index contributed by atoms with van der Waals surface area (Å²) in [5.74, 6) is 0.865. The monoisotopic (exact) mass is 303 g/mol. The molecule has 0 bridgehead atoms. The Hall–Kier alpha value is -1.32. The van der Waals surface area contributed by atoms with Gasteiger partial charge in [-0.2, -0.15) is 0 Å². The highest BCUT2D eigenvalue weighted by Gasteiger charge is 2.28. The Bertz CT molecular complexity index is 498. The lowest BCUT2D eigenvalue weighted by atomic mass is 9.93. The molecule has 3 heteroatoms. The third-order valence-corrected chi connectivity index (χ3v) is 4.53. The maximum atomic E-state index is 10.3. The second kappa shape index (κ2) is 7.80. The van der Waals surface area contributed by atoms with Crippen LogP contribution in [0.25, 0.3) is 0 Å². The van der Waals surface area contributed by atoms with E-state index in [0.717, 1.165) is 31.4 Å². The summed E-state index contributed by atoms with van der Waals surface area (Å²) in [5.41, 5.74) is 0.959. The first-order chi connectivity index (χ1) is 10.5. The van der Waals surface area contributed by atoms with Crippen molar-refractivity contribution in [3.63, 3.8) is 0 Å². The van der Waals surface area contributed by atoms with Crippen LogP contribution in [0.1, 0.15) is 51.6 Å². The topological polar surface area (TPSA) is 43.7 Å². The van der Waals surface area contributed by atoms with Crippen molar-refractivity contribution in [3.8, 4) is 5.75 Å². The zero-order valence-electron chi connectivity index (χ0n) is 13.9. The smallest absolute Gasteiger partial charge is 0.120 e. The standard InChI is InChI=1S/C19H29NO2/c1-14(2)12-17(21)13-16-8-6-7-11-20(16)15(3)18-9-4-5-10-19(18)22/h4-7,9-10,14-17,21-22H,8,11-13H2,1-3H3. The zero-order chi connectivity index (χ0) is 16.1. The molecule has 1 aromatic rings. The predicted octanol–water partition coefficient (Wildman–Crippen LogP) is 3.88. The van der Waals surface area contributed by atoms with Crippen LogP contribution in [0.2, 0.25) is 0 Å². The molecule has 1 aliphatic rings. The molecule has 0 radical (unpaired) electrons. The number of aromatic hydroxyl groups is 1. The summed E-state index contributed by atoms with van der Waals surface area (Å²) >= 11 is 0. The number of hydrogen-bond acceptors (Lipinski definition) is 3. The highest BCUT2D eigenvalue weighted by Crippen LogP contribution is 2.32. The maximum Gasteiger partial charge on any atom is 0.120 e. The first-order valence-corrected chi connectivity index (χ1v) is 8.35. The molecule has 0 aromatic heterocycles. The van der Waals surface area contributed by atoms with Gasteiger partial charge in [0.25, 0.3) is 0 Å². The molecule has 2 N–H and O–H groups in total. The van der Waals surface area contributed by atoms with Gasteiger partial charge in [-0.05, 0) is 38.2 Å². The highest BCUT2D eigenvalue weighted by molar-refractivity contribution is 5.34. The van der Waals surface area contributed by atoms with Crippen LogP contribution in [0, 0.1) is 5.92 Å². The second-order valence-electron chi connectivity index (χ2n) is 6.81. The molecule has 1 aromatic carbocycles.